The van der Waals surface area contributed by atoms with Crippen molar-refractivity contribution < 1.29 is 33.8 Å². The van der Waals surface area contributed by atoms with E-state index in [0.717, 1.165) is 29.4 Å². The lowest BCUT2D eigenvalue weighted by atomic mass is 9.98. The average Bonchev–Trinajstić information content (AvgIpc) is 3.15. The molecular weight excluding hydrogens is 440 g/mol. The van der Waals surface area contributed by atoms with E-state index < -0.39 is 42.4 Å². The highest BCUT2D eigenvalue weighted by Crippen LogP contribution is 2.44. The number of carbonyl (C=O) groups excluding carboxylic acids is 3. The number of carboxylic acids is 1. The number of amides is 2. The van der Waals surface area contributed by atoms with Gasteiger partial charge in [0.2, 0.25) is 5.91 Å². The molecule has 0 spiro atoms. The van der Waals surface area contributed by atoms with Crippen LogP contribution in [0.5, 0.6) is 0 Å². The van der Waals surface area contributed by atoms with Gasteiger partial charge >= 0.3 is 18.0 Å². The monoisotopic (exact) mass is 466 g/mol. The average molecular weight is 466 g/mol. The zero-order chi connectivity index (χ0) is 24.7. The van der Waals surface area contributed by atoms with Gasteiger partial charge in [0.1, 0.15) is 18.7 Å². The van der Waals surface area contributed by atoms with Crippen molar-refractivity contribution in [3.63, 3.8) is 0 Å². The Morgan fingerprint density at radius 1 is 1.00 bits per heavy atom. The number of alkyl carbamates (subject to hydrolysis) is 1. The number of hydrogen-bond acceptors (Lipinski definition) is 6. The fourth-order valence-electron chi connectivity index (χ4n) is 3.90. The fourth-order valence-corrected chi connectivity index (χ4v) is 3.90. The number of aliphatic carboxylic acids is 1. The second-order valence-corrected chi connectivity index (χ2v) is 7.73. The summed E-state index contributed by atoms with van der Waals surface area (Å²) in [6.45, 7) is 3.62. The molecule has 2 atom stereocenters. The summed E-state index contributed by atoms with van der Waals surface area (Å²) in [4.78, 5) is 47.9. The van der Waals surface area contributed by atoms with Gasteiger partial charge in [0.15, 0.2) is 0 Å². The molecule has 1 aliphatic rings. The van der Waals surface area contributed by atoms with Crippen LogP contribution in [0.25, 0.3) is 11.1 Å². The van der Waals surface area contributed by atoms with Crippen LogP contribution >= 0.6 is 0 Å². The van der Waals surface area contributed by atoms with Gasteiger partial charge in [-0.1, -0.05) is 54.6 Å². The normalized spacial score (nSPS) is 13.6. The van der Waals surface area contributed by atoms with Crippen molar-refractivity contribution in [2.24, 2.45) is 0 Å². The zero-order valence-electron chi connectivity index (χ0n) is 18.7. The summed E-state index contributed by atoms with van der Waals surface area (Å²) in [5.74, 6) is -3.14. The van der Waals surface area contributed by atoms with E-state index in [2.05, 4.69) is 21.9 Å². The second kappa shape index (κ2) is 11.1. The lowest BCUT2D eigenvalue weighted by molar-refractivity contribution is -0.148. The quantitative estimate of drug-likeness (QED) is 0.362. The summed E-state index contributed by atoms with van der Waals surface area (Å²) in [5, 5.41) is 14.0. The van der Waals surface area contributed by atoms with E-state index in [1.165, 1.54) is 6.08 Å². The van der Waals surface area contributed by atoms with Crippen molar-refractivity contribution in [3.8, 4) is 11.1 Å². The molecule has 1 aliphatic carbocycles. The number of carboxylic acid groups (broad SMARTS) is 1. The van der Waals surface area contributed by atoms with E-state index >= 15 is 0 Å². The van der Waals surface area contributed by atoms with Crippen molar-refractivity contribution in [2.75, 3.05) is 13.7 Å². The number of nitrogens with one attached hydrogen (secondary N) is 2. The van der Waals surface area contributed by atoms with Crippen molar-refractivity contribution in [2.45, 2.75) is 30.8 Å². The highest BCUT2D eigenvalue weighted by Gasteiger charge is 2.31. The Morgan fingerprint density at radius 3 is 2.12 bits per heavy atom. The summed E-state index contributed by atoms with van der Waals surface area (Å²) in [5.41, 5.74) is 4.26. The van der Waals surface area contributed by atoms with Gasteiger partial charge in [0.05, 0.1) is 13.5 Å². The number of benzene rings is 2. The Hall–Kier alpha value is -4.14. The molecule has 2 aromatic rings. The van der Waals surface area contributed by atoms with E-state index in [0.29, 0.717) is 0 Å². The van der Waals surface area contributed by atoms with E-state index in [1.54, 1.807) is 0 Å². The Bertz CT molecular complexity index is 1050. The van der Waals surface area contributed by atoms with Gasteiger partial charge in [-0.15, -0.1) is 6.58 Å². The van der Waals surface area contributed by atoms with Crippen LogP contribution in [0.1, 0.15) is 29.9 Å². The van der Waals surface area contributed by atoms with Gasteiger partial charge in [-0.25, -0.2) is 9.59 Å². The Balaban J connectivity index is 1.64. The molecule has 3 N–H and O–H groups in total. The van der Waals surface area contributed by atoms with Gasteiger partial charge < -0.3 is 25.2 Å². The smallest absolute Gasteiger partial charge is 0.407 e. The number of hydrogen-bond donors (Lipinski definition) is 3. The fraction of sp³-hybridized carbons (Fsp3) is 0.280. The van der Waals surface area contributed by atoms with Gasteiger partial charge in [0.25, 0.3) is 0 Å². The molecule has 9 nitrogen and oxygen atoms in total. The third-order valence-electron chi connectivity index (χ3n) is 5.57. The number of rotatable bonds is 10. The van der Waals surface area contributed by atoms with Crippen LogP contribution in [-0.4, -0.2) is 54.8 Å². The summed E-state index contributed by atoms with van der Waals surface area (Å²) in [7, 11) is 1.11. The summed E-state index contributed by atoms with van der Waals surface area (Å²) < 4.78 is 9.90. The number of methoxy groups -OCH3 is 1. The van der Waals surface area contributed by atoms with E-state index in [9.17, 15) is 24.3 Å². The molecule has 2 aromatic carbocycles. The molecule has 178 valence electrons. The molecule has 34 heavy (non-hydrogen) atoms. The first-order chi connectivity index (χ1) is 16.3. The third kappa shape index (κ3) is 5.61. The molecule has 0 saturated heterocycles. The Labute approximate surface area is 196 Å². The highest BCUT2D eigenvalue weighted by atomic mass is 16.5. The first-order valence-corrected chi connectivity index (χ1v) is 10.7. The van der Waals surface area contributed by atoms with Crippen LogP contribution in [0.2, 0.25) is 0 Å². The molecule has 3 rings (SSSR count). The number of carbonyl (C=O) groups is 4. The van der Waals surface area contributed by atoms with Crippen molar-refractivity contribution in [1.29, 1.82) is 0 Å². The maximum absolute atomic E-state index is 12.6. The molecule has 0 saturated carbocycles. The molecule has 0 fully saturated rings. The molecule has 0 aromatic heterocycles. The van der Waals surface area contributed by atoms with Crippen LogP contribution in [0.3, 0.4) is 0 Å². The third-order valence-corrected chi connectivity index (χ3v) is 5.57. The van der Waals surface area contributed by atoms with E-state index in [4.69, 9.17) is 4.74 Å². The van der Waals surface area contributed by atoms with Gasteiger partial charge in [0, 0.05) is 5.92 Å². The molecule has 0 heterocycles. The lowest BCUT2D eigenvalue weighted by Gasteiger charge is -2.21. The number of fused-ring (bicyclic) bond motifs is 3. The second-order valence-electron chi connectivity index (χ2n) is 7.73. The maximum atomic E-state index is 12.6. The Kier molecular flexibility index (Phi) is 8.02. The first-order valence-electron chi connectivity index (χ1n) is 10.7. The largest absolute Gasteiger partial charge is 0.480 e. The van der Waals surface area contributed by atoms with E-state index in [-0.39, 0.29) is 18.9 Å². The van der Waals surface area contributed by atoms with Crippen LogP contribution in [0.15, 0.2) is 61.2 Å². The summed E-state index contributed by atoms with van der Waals surface area (Å²) in [6, 6.07) is 13.1. The molecule has 9 heteroatoms. The minimum absolute atomic E-state index is 0.0284. The molecule has 0 aliphatic heterocycles. The minimum Gasteiger partial charge on any atom is -0.480 e. The molecular formula is C25H26N2O7. The predicted molar refractivity (Wildman–Crippen MR) is 123 cm³/mol. The lowest BCUT2D eigenvalue weighted by Crippen LogP contribution is -2.52. The molecule has 2 amide bonds. The standard InChI is InChI=1S/C25H26N2O7/c1-3-8-20(23(29)26-21(24(30)31)13-22(28)33-2)27-25(32)34-14-19-17-11-6-4-9-15(17)16-10-5-7-12-18(16)19/h3-7,9-12,19-21H,1,8,13-14H2,2H3,(H,26,29)(H,27,32)(H,30,31)/t20?,21-/m0/s1. The first kappa shape index (κ1) is 24.5. The van der Waals surface area contributed by atoms with E-state index in [1.807, 2.05) is 48.5 Å². The minimum atomic E-state index is -1.50. The van der Waals surface area contributed by atoms with Gasteiger partial charge in [-0.05, 0) is 28.7 Å². The number of ether oxygens (including phenoxy) is 2. The SMILES string of the molecule is C=CCC(NC(=O)OCC1c2ccccc2-c2ccccc21)C(=O)N[C@@H](CC(=O)OC)C(=O)O. The van der Waals surface area contributed by atoms with Crippen molar-refractivity contribution in [3.05, 3.63) is 72.3 Å². The van der Waals surface area contributed by atoms with Crippen LogP contribution < -0.4 is 10.6 Å². The van der Waals surface area contributed by atoms with Gasteiger partial charge in [-0.2, -0.15) is 0 Å². The molecule has 1 unspecified atom stereocenters. The highest BCUT2D eigenvalue weighted by molar-refractivity contribution is 5.91. The zero-order valence-corrected chi connectivity index (χ0v) is 18.7. The van der Waals surface area contributed by atoms with Crippen LogP contribution in [0, 0.1) is 0 Å². The van der Waals surface area contributed by atoms with Gasteiger partial charge in [-0.3, -0.25) is 9.59 Å². The summed E-state index contributed by atoms with van der Waals surface area (Å²) in [6.07, 6.45) is 0.0530. The number of esters is 1. The van der Waals surface area contributed by atoms with Crippen molar-refractivity contribution in [1.82, 2.24) is 10.6 Å². The summed E-state index contributed by atoms with van der Waals surface area (Å²) >= 11 is 0. The molecule has 0 bridgehead atoms. The molecule has 0 radical (unpaired) electrons. The van der Waals surface area contributed by atoms with Crippen LogP contribution in [0.4, 0.5) is 4.79 Å². The van der Waals surface area contributed by atoms with Crippen molar-refractivity contribution >= 4 is 23.9 Å². The Morgan fingerprint density at radius 2 is 1.59 bits per heavy atom. The van der Waals surface area contributed by atoms with Crippen LogP contribution in [-0.2, 0) is 23.9 Å². The predicted octanol–water partition coefficient (Wildman–Crippen LogP) is 2.60. The topological polar surface area (TPSA) is 131 Å². The maximum Gasteiger partial charge on any atom is 0.407 e.